The van der Waals surface area contributed by atoms with E-state index in [0.29, 0.717) is 23.5 Å². The fraction of sp³-hybridized carbons (Fsp3) is 0.333. The van der Waals surface area contributed by atoms with Crippen LogP contribution in [0, 0.1) is 0 Å². The predicted octanol–water partition coefficient (Wildman–Crippen LogP) is 1.54. The Morgan fingerprint density at radius 3 is 2.70 bits per heavy atom. The zero-order valence-corrected chi connectivity index (χ0v) is 13.4. The van der Waals surface area contributed by atoms with E-state index < -0.39 is 18.5 Å². The van der Waals surface area contributed by atoms with E-state index in [9.17, 15) is 19.2 Å². The van der Waals surface area contributed by atoms with Crippen LogP contribution in [0.5, 0.6) is 0 Å². The Hall–Kier alpha value is -2.35. The summed E-state index contributed by atoms with van der Waals surface area (Å²) in [4.78, 5) is 47.6. The van der Waals surface area contributed by atoms with Gasteiger partial charge in [-0.3, -0.25) is 19.2 Å². The molecular formula is C15H16N2O5S. The van der Waals surface area contributed by atoms with Gasteiger partial charge in [-0.25, -0.2) is 0 Å². The van der Waals surface area contributed by atoms with E-state index in [1.54, 1.807) is 24.3 Å². The highest BCUT2D eigenvalue weighted by Gasteiger charge is 2.24. The summed E-state index contributed by atoms with van der Waals surface area (Å²) in [6.45, 7) is 1.26. The van der Waals surface area contributed by atoms with Crippen molar-refractivity contribution in [1.82, 2.24) is 4.90 Å². The average molecular weight is 336 g/mol. The monoisotopic (exact) mass is 336 g/mol. The number of ether oxygens (including phenoxy) is 1. The first-order chi connectivity index (χ1) is 11.0. The fourth-order valence-electron chi connectivity index (χ4n) is 2.00. The van der Waals surface area contributed by atoms with Gasteiger partial charge in [0, 0.05) is 17.9 Å². The second-order valence-corrected chi connectivity index (χ2v) is 5.89. The number of nitrogens with one attached hydrogen (secondary N) is 1. The number of ketones is 1. The lowest BCUT2D eigenvalue weighted by atomic mass is 10.1. The molecule has 0 bridgehead atoms. The van der Waals surface area contributed by atoms with Gasteiger partial charge in [-0.05, 0) is 19.1 Å². The minimum atomic E-state index is -0.643. The van der Waals surface area contributed by atoms with Crippen LogP contribution >= 0.6 is 11.8 Å². The number of Topliss-reactive ketones (excluding diaryl/α,β-unsaturated/α-hetero) is 1. The van der Waals surface area contributed by atoms with Crippen molar-refractivity contribution < 1.29 is 23.9 Å². The SMILES string of the molecule is CC(=O)c1ccccc1NC(=O)COC(=O)CN1CCSC1=O. The van der Waals surface area contributed by atoms with E-state index in [1.165, 1.54) is 11.8 Å². The summed E-state index contributed by atoms with van der Waals surface area (Å²) >= 11 is 1.15. The zero-order chi connectivity index (χ0) is 16.8. The Labute approximate surface area is 137 Å². The van der Waals surface area contributed by atoms with Gasteiger partial charge >= 0.3 is 5.97 Å². The molecule has 23 heavy (non-hydrogen) atoms. The van der Waals surface area contributed by atoms with Crippen molar-refractivity contribution in [1.29, 1.82) is 0 Å². The second-order valence-electron chi connectivity index (χ2n) is 4.85. The number of benzene rings is 1. The highest BCUT2D eigenvalue weighted by Crippen LogP contribution is 2.17. The molecule has 0 atom stereocenters. The molecule has 1 aromatic carbocycles. The van der Waals surface area contributed by atoms with E-state index in [-0.39, 0.29) is 17.6 Å². The van der Waals surface area contributed by atoms with Gasteiger partial charge in [0.25, 0.3) is 11.1 Å². The number of amides is 2. The first-order valence-corrected chi connectivity index (χ1v) is 7.93. The molecule has 2 rings (SSSR count). The maximum atomic E-state index is 11.8. The molecule has 1 fully saturated rings. The maximum absolute atomic E-state index is 11.8. The minimum Gasteiger partial charge on any atom is -0.454 e. The van der Waals surface area contributed by atoms with E-state index in [1.807, 2.05) is 0 Å². The molecule has 7 nitrogen and oxygen atoms in total. The quantitative estimate of drug-likeness (QED) is 0.626. The second kappa shape index (κ2) is 7.77. The highest BCUT2D eigenvalue weighted by molar-refractivity contribution is 8.13. The summed E-state index contributed by atoms with van der Waals surface area (Å²) in [6.07, 6.45) is 0. The van der Waals surface area contributed by atoms with Gasteiger partial charge in [0.1, 0.15) is 6.54 Å². The van der Waals surface area contributed by atoms with Crippen LogP contribution in [0.2, 0.25) is 0 Å². The van der Waals surface area contributed by atoms with Gasteiger partial charge in [-0.1, -0.05) is 23.9 Å². The molecular weight excluding hydrogens is 320 g/mol. The molecule has 0 unspecified atom stereocenters. The normalized spacial score (nSPS) is 13.8. The maximum Gasteiger partial charge on any atom is 0.326 e. The van der Waals surface area contributed by atoms with Crippen molar-refractivity contribution in [2.75, 3.05) is 30.8 Å². The topological polar surface area (TPSA) is 92.8 Å². The lowest BCUT2D eigenvalue weighted by molar-refractivity contribution is -0.147. The number of para-hydroxylation sites is 1. The van der Waals surface area contributed by atoms with E-state index in [2.05, 4.69) is 5.32 Å². The molecule has 1 heterocycles. The molecule has 8 heteroatoms. The summed E-state index contributed by atoms with van der Waals surface area (Å²) in [7, 11) is 0. The van der Waals surface area contributed by atoms with Crippen molar-refractivity contribution in [2.45, 2.75) is 6.92 Å². The average Bonchev–Trinajstić information content (AvgIpc) is 2.91. The number of esters is 1. The van der Waals surface area contributed by atoms with Gasteiger partial charge in [-0.15, -0.1) is 0 Å². The number of carbonyl (C=O) groups is 4. The fourth-order valence-corrected chi connectivity index (χ4v) is 2.83. The Morgan fingerprint density at radius 2 is 2.04 bits per heavy atom. The molecule has 1 aliphatic rings. The van der Waals surface area contributed by atoms with Crippen LogP contribution in [0.1, 0.15) is 17.3 Å². The predicted molar refractivity (Wildman–Crippen MR) is 85.5 cm³/mol. The van der Waals surface area contributed by atoms with Crippen molar-refractivity contribution in [2.24, 2.45) is 0 Å². The Balaban J connectivity index is 1.82. The van der Waals surface area contributed by atoms with Gasteiger partial charge in [0.05, 0.1) is 5.69 Å². The van der Waals surface area contributed by atoms with Crippen LogP contribution in [-0.4, -0.2) is 53.2 Å². The Kier molecular flexibility index (Phi) is 5.75. The molecule has 1 N–H and O–H groups in total. The third kappa shape index (κ3) is 4.82. The molecule has 1 saturated heterocycles. The van der Waals surface area contributed by atoms with Crippen LogP contribution in [0.25, 0.3) is 0 Å². The van der Waals surface area contributed by atoms with Gasteiger partial charge < -0.3 is 15.0 Å². The van der Waals surface area contributed by atoms with Crippen molar-refractivity contribution in [3.05, 3.63) is 29.8 Å². The lowest BCUT2D eigenvalue weighted by Gasteiger charge is -2.13. The summed E-state index contributed by atoms with van der Waals surface area (Å²) < 4.78 is 4.85. The first-order valence-electron chi connectivity index (χ1n) is 6.94. The van der Waals surface area contributed by atoms with Crippen LogP contribution in [0.15, 0.2) is 24.3 Å². The molecule has 0 aromatic heterocycles. The third-order valence-corrected chi connectivity index (χ3v) is 4.00. The molecule has 0 spiro atoms. The number of rotatable bonds is 6. The molecule has 1 aliphatic heterocycles. The third-order valence-electron chi connectivity index (χ3n) is 3.11. The van der Waals surface area contributed by atoms with Crippen LogP contribution in [0.4, 0.5) is 10.5 Å². The van der Waals surface area contributed by atoms with Crippen LogP contribution < -0.4 is 5.32 Å². The van der Waals surface area contributed by atoms with Crippen molar-refractivity contribution >= 4 is 40.3 Å². The summed E-state index contributed by atoms with van der Waals surface area (Å²) in [5, 5.41) is 2.36. The van der Waals surface area contributed by atoms with Gasteiger partial charge in [-0.2, -0.15) is 0 Å². The molecule has 0 saturated carbocycles. The zero-order valence-electron chi connectivity index (χ0n) is 12.5. The number of nitrogens with zero attached hydrogens (tertiary/aromatic N) is 1. The van der Waals surface area contributed by atoms with Crippen LogP contribution in [0.3, 0.4) is 0 Å². The number of hydrogen-bond donors (Lipinski definition) is 1. The number of anilines is 1. The van der Waals surface area contributed by atoms with Crippen LogP contribution in [-0.2, 0) is 14.3 Å². The van der Waals surface area contributed by atoms with E-state index in [4.69, 9.17) is 4.74 Å². The first kappa shape index (κ1) is 17.0. The van der Waals surface area contributed by atoms with Crippen molar-refractivity contribution in [3.63, 3.8) is 0 Å². The van der Waals surface area contributed by atoms with Gasteiger partial charge in [0.2, 0.25) is 0 Å². The molecule has 1 aromatic rings. The molecule has 2 amide bonds. The standard InChI is InChI=1S/C15H16N2O5S/c1-10(18)11-4-2-3-5-12(11)16-13(19)9-22-14(20)8-17-6-7-23-15(17)21/h2-5H,6-9H2,1H3,(H,16,19). The molecule has 122 valence electrons. The Bertz CT molecular complexity index is 647. The molecule has 0 radical (unpaired) electrons. The number of hydrogen-bond acceptors (Lipinski definition) is 6. The Morgan fingerprint density at radius 1 is 1.30 bits per heavy atom. The smallest absolute Gasteiger partial charge is 0.326 e. The van der Waals surface area contributed by atoms with Crippen molar-refractivity contribution in [3.8, 4) is 0 Å². The van der Waals surface area contributed by atoms with Gasteiger partial charge in [0.15, 0.2) is 12.4 Å². The highest BCUT2D eigenvalue weighted by atomic mass is 32.2. The summed E-state index contributed by atoms with van der Waals surface area (Å²) in [6, 6.07) is 6.57. The number of carbonyl (C=O) groups excluding carboxylic acids is 4. The lowest BCUT2D eigenvalue weighted by Crippen LogP contribution is -2.32. The minimum absolute atomic E-state index is 0.164. The summed E-state index contributed by atoms with van der Waals surface area (Å²) in [5.41, 5.74) is 0.749. The summed E-state index contributed by atoms with van der Waals surface area (Å²) in [5.74, 6) is -0.720. The number of thioether (sulfide) groups is 1. The van der Waals surface area contributed by atoms with E-state index >= 15 is 0 Å². The largest absolute Gasteiger partial charge is 0.454 e. The van der Waals surface area contributed by atoms with E-state index in [0.717, 1.165) is 11.8 Å². The molecule has 0 aliphatic carbocycles.